The second-order valence-corrected chi connectivity index (χ2v) is 14.2. The van der Waals surface area contributed by atoms with E-state index in [1.807, 2.05) is 6.92 Å². The standard InChI is InChI=1S/C17H30O5Si/c1-12-7-16(19)8-15(10-20-11-18)9-17(15,13(16)21-12)22-23(5,6)14(2,3)4/h11-13,19H,7-10H2,1-6H3/t12-,13-,15+,16+,17-/m0/s1. The van der Waals surface area contributed by atoms with Gasteiger partial charge in [-0.3, -0.25) is 4.79 Å². The van der Waals surface area contributed by atoms with Crippen molar-refractivity contribution in [3.05, 3.63) is 0 Å². The third-order valence-electron chi connectivity index (χ3n) is 6.61. The molecule has 0 aromatic heterocycles. The van der Waals surface area contributed by atoms with Crippen molar-refractivity contribution < 1.29 is 23.8 Å². The maximum atomic E-state index is 11.1. The summed E-state index contributed by atoms with van der Waals surface area (Å²) in [6.07, 6.45) is 1.76. The van der Waals surface area contributed by atoms with Gasteiger partial charge in [-0.1, -0.05) is 20.8 Å². The molecule has 0 radical (unpaired) electrons. The number of fused-ring (bicyclic) bond motifs is 3. The van der Waals surface area contributed by atoms with E-state index in [1.165, 1.54) is 0 Å². The molecule has 0 bridgehead atoms. The quantitative estimate of drug-likeness (QED) is 0.614. The number of hydrogen-bond acceptors (Lipinski definition) is 5. The molecule has 1 saturated heterocycles. The Kier molecular flexibility index (Phi) is 3.63. The summed E-state index contributed by atoms with van der Waals surface area (Å²) >= 11 is 0. The van der Waals surface area contributed by atoms with Crippen LogP contribution in [0.5, 0.6) is 0 Å². The van der Waals surface area contributed by atoms with Crippen LogP contribution in [0.15, 0.2) is 0 Å². The summed E-state index contributed by atoms with van der Waals surface area (Å²) in [4.78, 5) is 10.7. The smallest absolute Gasteiger partial charge is 0.293 e. The van der Waals surface area contributed by atoms with Crippen LogP contribution >= 0.6 is 0 Å². The average molecular weight is 343 g/mol. The molecule has 0 aromatic rings. The lowest BCUT2D eigenvalue weighted by Gasteiger charge is -2.42. The summed E-state index contributed by atoms with van der Waals surface area (Å²) in [6.45, 7) is 13.9. The molecule has 0 unspecified atom stereocenters. The predicted octanol–water partition coefficient (Wildman–Crippen LogP) is 2.62. The molecular formula is C17H30O5Si. The second-order valence-electron chi connectivity index (χ2n) is 9.43. The van der Waals surface area contributed by atoms with Crippen molar-refractivity contribution in [2.75, 3.05) is 6.61 Å². The van der Waals surface area contributed by atoms with Gasteiger partial charge in [-0.15, -0.1) is 0 Å². The van der Waals surface area contributed by atoms with Gasteiger partial charge in [-0.2, -0.15) is 0 Å². The summed E-state index contributed by atoms with van der Waals surface area (Å²) in [5.74, 6) is 0. The minimum Gasteiger partial charge on any atom is -0.467 e. The Morgan fingerprint density at radius 3 is 2.57 bits per heavy atom. The first-order valence-corrected chi connectivity index (χ1v) is 11.5. The van der Waals surface area contributed by atoms with E-state index in [-0.39, 0.29) is 22.7 Å². The Labute approximate surface area is 139 Å². The number of hydrogen-bond donors (Lipinski definition) is 1. The monoisotopic (exact) mass is 342 g/mol. The maximum Gasteiger partial charge on any atom is 0.293 e. The van der Waals surface area contributed by atoms with E-state index in [4.69, 9.17) is 13.9 Å². The van der Waals surface area contributed by atoms with Crippen LogP contribution in [0.25, 0.3) is 0 Å². The summed E-state index contributed by atoms with van der Waals surface area (Å²) in [7, 11) is -2.04. The summed E-state index contributed by atoms with van der Waals surface area (Å²) in [5, 5.41) is 11.2. The fourth-order valence-corrected chi connectivity index (χ4v) is 6.18. The number of ether oxygens (including phenoxy) is 2. The van der Waals surface area contributed by atoms with Crippen molar-refractivity contribution in [2.45, 2.75) is 88.5 Å². The van der Waals surface area contributed by atoms with Crippen LogP contribution in [0.3, 0.4) is 0 Å². The molecule has 2 saturated carbocycles. The van der Waals surface area contributed by atoms with Crippen LogP contribution < -0.4 is 0 Å². The fourth-order valence-electron chi connectivity index (χ4n) is 4.57. The first-order valence-electron chi connectivity index (χ1n) is 8.55. The highest BCUT2D eigenvalue weighted by Gasteiger charge is 2.85. The molecule has 1 aliphatic heterocycles. The van der Waals surface area contributed by atoms with E-state index in [0.29, 0.717) is 25.9 Å². The Bertz CT molecular complexity index is 516. The molecule has 0 amide bonds. The number of aliphatic hydroxyl groups is 1. The maximum absolute atomic E-state index is 11.1. The molecular weight excluding hydrogens is 312 g/mol. The highest BCUT2D eigenvalue weighted by Crippen LogP contribution is 2.75. The Morgan fingerprint density at radius 1 is 1.35 bits per heavy atom. The minimum absolute atomic E-state index is 0.0375. The fraction of sp³-hybridized carbons (Fsp3) is 0.941. The van der Waals surface area contributed by atoms with Crippen molar-refractivity contribution in [1.29, 1.82) is 0 Å². The summed E-state index contributed by atoms with van der Waals surface area (Å²) in [6, 6.07) is 0. The van der Waals surface area contributed by atoms with Crippen LogP contribution in [0, 0.1) is 5.41 Å². The van der Waals surface area contributed by atoms with Crippen molar-refractivity contribution >= 4 is 14.8 Å². The van der Waals surface area contributed by atoms with Gasteiger partial charge in [-0.25, -0.2) is 0 Å². The topological polar surface area (TPSA) is 65.0 Å². The van der Waals surface area contributed by atoms with Crippen molar-refractivity contribution in [3.8, 4) is 0 Å². The van der Waals surface area contributed by atoms with E-state index in [2.05, 4.69) is 33.9 Å². The van der Waals surface area contributed by atoms with Gasteiger partial charge >= 0.3 is 0 Å². The van der Waals surface area contributed by atoms with Crippen LogP contribution in [0.1, 0.15) is 47.0 Å². The molecule has 5 nitrogen and oxygen atoms in total. The van der Waals surface area contributed by atoms with E-state index in [9.17, 15) is 9.90 Å². The first-order chi connectivity index (χ1) is 10.4. The van der Waals surface area contributed by atoms with Gasteiger partial charge in [-0.05, 0) is 37.9 Å². The first kappa shape index (κ1) is 17.4. The van der Waals surface area contributed by atoms with Gasteiger partial charge in [0.2, 0.25) is 0 Å². The zero-order valence-corrected chi connectivity index (χ0v) is 16.1. The van der Waals surface area contributed by atoms with Crippen molar-refractivity contribution in [2.24, 2.45) is 5.41 Å². The largest absolute Gasteiger partial charge is 0.467 e. The Hall–Kier alpha value is -0.433. The highest BCUT2D eigenvalue weighted by molar-refractivity contribution is 6.74. The minimum atomic E-state index is -2.04. The van der Waals surface area contributed by atoms with Crippen LogP contribution in [-0.4, -0.2) is 49.9 Å². The lowest BCUT2D eigenvalue weighted by molar-refractivity contribution is -0.131. The highest BCUT2D eigenvalue weighted by atomic mass is 28.4. The number of carbonyl (C=O) groups excluding carboxylic acids is 1. The molecule has 132 valence electrons. The van der Waals surface area contributed by atoms with Gasteiger partial charge in [0.15, 0.2) is 8.32 Å². The molecule has 23 heavy (non-hydrogen) atoms. The summed E-state index contributed by atoms with van der Waals surface area (Å²) < 4.78 is 18.0. The van der Waals surface area contributed by atoms with Crippen molar-refractivity contribution in [3.63, 3.8) is 0 Å². The van der Waals surface area contributed by atoms with E-state index in [1.54, 1.807) is 0 Å². The van der Waals surface area contributed by atoms with Crippen LogP contribution in [0.2, 0.25) is 18.1 Å². The van der Waals surface area contributed by atoms with Crippen molar-refractivity contribution in [1.82, 2.24) is 0 Å². The molecule has 3 fully saturated rings. The zero-order chi connectivity index (χ0) is 17.3. The molecule has 0 aromatic carbocycles. The van der Waals surface area contributed by atoms with Gasteiger partial charge in [0.05, 0.1) is 23.9 Å². The average Bonchev–Trinajstić information content (AvgIpc) is 2.76. The molecule has 1 N–H and O–H groups in total. The van der Waals surface area contributed by atoms with Crippen LogP contribution in [0.4, 0.5) is 0 Å². The predicted molar refractivity (Wildman–Crippen MR) is 88.6 cm³/mol. The number of carbonyl (C=O) groups is 1. The van der Waals surface area contributed by atoms with E-state index >= 15 is 0 Å². The van der Waals surface area contributed by atoms with E-state index in [0.717, 1.165) is 6.42 Å². The van der Waals surface area contributed by atoms with Gasteiger partial charge in [0.1, 0.15) is 6.10 Å². The molecule has 3 rings (SSSR count). The SMILES string of the molecule is C[C@H]1C[C@@]2(O)C[C@]3(COC=O)C[C@]3(O[Si](C)(C)C(C)(C)C)[C@H]2O1. The normalized spacial score (nSPS) is 45.5. The Morgan fingerprint density at radius 2 is 2.00 bits per heavy atom. The van der Waals surface area contributed by atoms with E-state index < -0.39 is 19.5 Å². The molecule has 6 heteroatoms. The third kappa shape index (κ3) is 2.33. The van der Waals surface area contributed by atoms with Gasteiger partial charge in [0.25, 0.3) is 6.47 Å². The number of rotatable bonds is 5. The Balaban J connectivity index is 1.92. The summed E-state index contributed by atoms with van der Waals surface area (Å²) in [5.41, 5.74) is -1.65. The van der Waals surface area contributed by atoms with Crippen LogP contribution in [-0.2, 0) is 18.7 Å². The third-order valence-corrected chi connectivity index (χ3v) is 11.1. The molecule has 2 aliphatic carbocycles. The van der Waals surface area contributed by atoms with Gasteiger partial charge in [0, 0.05) is 11.8 Å². The van der Waals surface area contributed by atoms with Gasteiger partial charge < -0.3 is 19.0 Å². The lowest BCUT2D eigenvalue weighted by Crippen LogP contribution is -2.52. The molecule has 3 aliphatic rings. The second kappa shape index (κ2) is 4.81. The molecule has 1 heterocycles. The lowest BCUT2D eigenvalue weighted by atomic mass is 9.89. The zero-order valence-electron chi connectivity index (χ0n) is 15.1. The molecule has 0 spiro atoms. The molecule has 5 atom stereocenters.